The highest BCUT2D eigenvalue weighted by Crippen LogP contribution is 2.29. The molecule has 0 saturated carbocycles. The molecule has 1 amide bonds. The summed E-state index contributed by atoms with van der Waals surface area (Å²) >= 11 is 6.73. The Morgan fingerprint density at radius 1 is 1.12 bits per heavy atom. The first-order chi connectivity index (χ1) is 12.4. The molecule has 1 N–H and O–H groups in total. The number of amides is 1. The number of halogens is 2. The third-order valence-electron chi connectivity index (χ3n) is 3.42. The molecule has 0 unspecified atom stereocenters. The fraction of sp³-hybridized carbons (Fsp3) is 0.222. The van der Waals surface area contributed by atoms with Gasteiger partial charge in [0.05, 0.1) is 24.9 Å². The van der Waals surface area contributed by atoms with Crippen LogP contribution >= 0.6 is 31.9 Å². The van der Waals surface area contributed by atoms with Crippen molar-refractivity contribution < 1.29 is 19.0 Å². The van der Waals surface area contributed by atoms with Crippen LogP contribution in [0, 0.1) is 6.92 Å². The van der Waals surface area contributed by atoms with Crippen molar-refractivity contribution in [1.29, 1.82) is 0 Å². The molecule has 0 spiro atoms. The first kappa shape index (κ1) is 20.3. The highest BCUT2D eigenvalue weighted by atomic mass is 79.9. The van der Waals surface area contributed by atoms with Gasteiger partial charge in [0.1, 0.15) is 5.75 Å². The first-order valence-corrected chi connectivity index (χ1v) is 9.15. The van der Waals surface area contributed by atoms with Crippen LogP contribution < -0.4 is 19.6 Å². The molecule has 2 aromatic rings. The Morgan fingerprint density at radius 2 is 1.81 bits per heavy atom. The summed E-state index contributed by atoms with van der Waals surface area (Å²) in [5.41, 5.74) is 4.18. The highest BCUT2D eigenvalue weighted by molar-refractivity contribution is 9.11. The number of nitrogens with zero attached hydrogens (tertiary/aromatic N) is 1. The van der Waals surface area contributed by atoms with E-state index < -0.39 is 0 Å². The van der Waals surface area contributed by atoms with Gasteiger partial charge in [0.15, 0.2) is 18.1 Å². The van der Waals surface area contributed by atoms with Gasteiger partial charge in [-0.15, -0.1) is 0 Å². The molecule has 0 bridgehead atoms. The Labute approximate surface area is 168 Å². The minimum absolute atomic E-state index is 0.150. The van der Waals surface area contributed by atoms with Crippen molar-refractivity contribution in [2.24, 2.45) is 5.10 Å². The summed E-state index contributed by atoms with van der Waals surface area (Å²) in [5.74, 6) is 1.44. The van der Waals surface area contributed by atoms with Crippen LogP contribution in [0.15, 0.2) is 44.4 Å². The molecule has 0 atom stereocenters. The second-order valence-electron chi connectivity index (χ2n) is 5.22. The van der Waals surface area contributed by atoms with E-state index in [2.05, 4.69) is 42.4 Å². The van der Waals surface area contributed by atoms with Crippen LogP contribution in [0.1, 0.15) is 11.1 Å². The molecular formula is C18H18Br2N2O4. The number of aryl methyl sites for hydroxylation is 1. The predicted molar refractivity (Wildman–Crippen MR) is 107 cm³/mol. The molecule has 0 aliphatic rings. The van der Waals surface area contributed by atoms with E-state index in [1.165, 1.54) is 0 Å². The van der Waals surface area contributed by atoms with Crippen LogP contribution in [0.5, 0.6) is 17.2 Å². The standard InChI is InChI=1S/C18H18Br2N2O4/c1-11-6-16(24-2)17(25-3)7-12(11)9-21-22-18(23)10-26-15-5-4-13(19)8-14(15)20/h4-9H,10H2,1-3H3,(H,22,23)/b21-9+. The molecule has 0 heterocycles. The first-order valence-electron chi connectivity index (χ1n) is 7.57. The molecule has 2 rings (SSSR count). The van der Waals surface area contributed by atoms with Gasteiger partial charge in [0.25, 0.3) is 5.91 Å². The Hall–Kier alpha value is -2.06. The molecule has 0 fully saturated rings. The number of nitrogens with one attached hydrogen (secondary N) is 1. The van der Waals surface area contributed by atoms with Crippen LogP contribution in [0.4, 0.5) is 0 Å². The van der Waals surface area contributed by atoms with Crippen molar-refractivity contribution >= 4 is 44.0 Å². The van der Waals surface area contributed by atoms with Gasteiger partial charge in [-0.1, -0.05) is 15.9 Å². The molecule has 6 nitrogen and oxygen atoms in total. The summed E-state index contributed by atoms with van der Waals surface area (Å²) < 4.78 is 17.6. The summed E-state index contributed by atoms with van der Waals surface area (Å²) in [4.78, 5) is 11.9. The lowest BCUT2D eigenvalue weighted by Crippen LogP contribution is -2.24. The molecule has 0 saturated heterocycles. The Kier molecular flexibility index (Phi) is 7.47. The summed E-state index contributed by atoms with van der Waals surface area (Å²) in [6.07, 6.45) is 1.55. The number of carbonyl (C=O) groups is 1. The maximum Gasteiger partial charge on any atom is 0.277 e. The van der Waals surface area contributed by atoms with Gasteiger partial charge < -0.3 is 14.2 Å². The largest absolute Gasteiger partial charge is 0.493 e. The average Bonchev–Trinajstić information content (AvgIpc) is 2.62. The van der Waals surface area contributed by atoms with Crippen LogP contribution in [0.2, 0.25) is 0 Å². The predicted octanol–water partition coefficient (Wildman–Crippen LogP) is 4.07. The van der Waals surface area contributed by atoms with E-state index in [1.807, 2.05) is 25.1 Å². The van der Waals surface area contributed by atoms with E-state index in [0.717, 1.165) is 20.1 Å². The lowest BCUT2D eigenvalue weighted by Gasteiger charge is -2.10. The van der Waals surface area contributed by atoms with Gasteiger partial charge in [-0.2, -0.15) is 5.10 Å². The monoisotopic (exact) mass is 484 g/mol. The van der Waals surface area contributed by atoms with Crippen molar-refractivity contribution in [2.45, 2.75) is 6.92 Å². The van der Waals surface area contributed by atoms with Gasteiger partial charge >= 0.3 is 0 Å². The molecule has 0 aliphatic carbocycles. The molecule has 0 radical (unpaired) electrons. The normalized spacial score (nSPS) is 10.7. The van der Waals surface area contributed by atoms with Crippen molar-refractivity contribution in [2.75, 3.05) is 20.8 Å². The zero-order valence-electron chi connectivity index (χ0n) is 14.5. The quantitative estimate of drug-likeness (QED) is 0.474. The number of rotatable bonds is 7. The molecule has 2 aromatic carbocycles. The van der Waals surface area contributed by atoms with Crippen molar-refractivity contribution in [3.05, 3.63) is 50.4 Å². The Morgan fingerprint density at radius 3 is 2.46 bits per heavy atom. The van der Waals surface area contributed by atoms with Crippen LogP contribution in [0.25, 0.3) is 0 Å². The van der Waals surface area contributed by atoms with Gasteiger partial charge in [-0.25, -0.2) is 5.43 Å². The number of hydrogen-bond acceptors (Lipinski definition) is 5. The van der Waals surface area contributed by atoms with E-state index in [0.29, 0.717) is 17.2 Å². The zero-order chi connectivity index (χ0) is 19.1. The number of benzene rings is 2. The lowest BCUT2D eigenvalue weighted by atomic mass is 10.1. The van der Waals surface area contributed by atoms with E-state index in [1.54, 1.807) is 32.6 Å². The van der Waals surface area contributed by atoms with Gasteiger partial charge in [-0.3, -0.25) is 4.79 Å². The van der Waals surface area contributed by atoms with Crippen LogP contribution in [-0.2, 0) is 4.79 Å². The van der Waals surface area contributed by atoms with Gasteiger partial charge in [0, 0.05) is 10.0 Å². The molecule has 0 aliphatic heterocycles. The number of methoxy groups -OCH3 is 2. The SMILES string of the molecule is COc1cc(C)c(/C=N/NC(=O)COc2ccc(Br)cc2Br)cc1OC. The van der Waals surface area contributed by atoms with E-state index in [9.17, 15) is 4.79 Å². The summed E-state index contributed by atoms with van der Waals surface area (Å²) in [5, 5.41) is 3.96. The summed E-state index contributed by atoms with van der Waals surface area (Å²) in [6, 6.07) is 9.06. The maximum atomic E-state index is 11.9. The second-order valence-corrected chi connectivity index (χ2v) is 6.99. The highest BCUT2D eigenvalue weighted by Gasteiger charge is 2.08. The minimum atomic E-state index is -0.366. The summed E-state index contributed by atoms with van der Waals surface area (Å²) in [7, 11) is 3.14. The molecule has 26 heavy (non-hydrogen) atoms. The summed E-state index contributed by atoms with van der Waals surface area (Å²) in [6.45, 7) is 1.77. The minimum Gasteiger partial charge on any atom is -0.493 e. The lowest BCUT2D eigenvalue weighted by molar-refractivity contribution is -0.123. The third-order valence-corrected chi connectivity index (χ3v) is 4.53. The fourth-order valence-corrected chi connectivity index (χ4v) is 3.24. The number of hydrazone groups is 1. The van der Waals surface area contributed by atoms with Crippen LogP contribution in [-0.4, -0.2) is 32.9 Å². The topological polar surface area (TPSA) is 69.2 Å². The molecule has 0 aromatic heterocycles. The van der Waals surface area contributed by atoms with Crippen molar-refractivity contribution in [1.82, 2.24) is 5.43 Å². The van der Waals surface area contributed by atoms with Gasteiger partial charge in [-0.05, 0) is 58.7 Å². The number of ether oxygens (including phenoxy) is 3. The second kappa shape index (κ2) is 9.59. The average molecular weight is 486 g/mol. The zero-order valence-corrected chi connectivity index (χ0v) is 17.7. The van der Waals surface area contributed by atoms with E-state index in [-0.39, 0.29) is 12.5 Å². The maximum absolute atomic E-state index is 11.9. The smallest absolute Gasteiger partial charge is 0.277 e. The fourth-order valence-electron chi connectivity index (χ4n) is 2.08. The van der Waals surface area contributed by atoms with E-state index >= 15 is 0 Å². The van der Waals surface area contributed by atoms with Crippen molar-refractivity contribution in [3.8, 4) is 17.2 Å². The third kappa shape index (κ3) is 5.47. The van der Waals surface area contributed by atoms with Crippen molar-refractivity contribution in [3.63, 3.8) is 0 Å². The Balaban J connectivity index is 1.94. The number of carbonyl (C=O) groups excluding carboxylic acids is 1. The van der Waals surface area contributed by atoms with E-state index in [4.69, 9.17) is 14.2 Å². The van der Waals surface area contributed by atoms with Gasteiger partial charge in [0.2, 0.25) is 0 Å². The molecule has 138 valence electrons. The molecular weight excluding hydrogens is 468 g/mol. The molecule has 8 heteroatoms. The Bertz CT molecular complexity index is 825. The number of hydrogen-bond donors (Lipinski definition) is 1. The van der Waals surface area contributed by atoms with Crippen LogP contribution in [0.3, 0.4) is 0 Å².